The van der Waals surface area contributed by atoms with Crippen molar-refractivity contribution < 1.29 is 9.21 Å². The Labute approximate surface area is 171 Å². The van der Waals surface area contributed by atoms with Crippen LogP contribution in [0, 0.1) is 0 Å². The predicted molar refractivity (Wildman–Crippen MR) is 113 cm³/mol. The van der Waals surface area contributed by atoms with Gasteiger partial charge in [-0.2, -0.15) is 0 Å². The highest BCUT2D eigenvalue weighted by Gasteiger charge is 2.21. The minimum atomic E-state index is 0.141. The number of nitrogens with zero attached hydrogens (tertiary/aromatic N) is 3. The third kappa shape index (κ3) is 4.49. The molecule has 1 amide bonds. The lowest BCUT2D eigenvalue weighted by Gasteiger charge is -2.35. The summed E-state index contributed by atoms with van der Waals surface area (Å²) in [6, 6.07) is 16.3. The van der Waals surface area contributed by atoms with E-state index in [1.54, 1.807) is 13.2 Å². The quantitative estimate of drug-likeness (QED) is 0.700. The second-order valence-electron chi connectivity index (χ2n) is 7.22. The van der Waals surface area contributed by atoms with Crippen molar-refractivity contribution in [1.82, 2.24) is 15.2 Å². The van der Waals surface area contributed by atoms with E-state index in [1.807, 2.05) is 41.4 Å². The van der Waals surface area contributed by atoms with Crippen LogP contribution in [0.15, 0.2) is 65.4 Å². The van der Waals surface area contributed by atoms with E-state index >= 15 is 0 Å². The molecule has 0 spiro atoms. The molecule has 150 valence electrons. The third-order valence-corrected chi connectivity index (χ3v) is 5.33. The predicted octanol–water partition coefficient (Wildman–Crippen LogP) is 3.30. The standard InChI is InChI=1S/C23H26N4O2/c1-18(28)26-11-13-27(14-12-26)23-20(7-4-10-25-23)17-24-16-19-6-2-3-8-21(19)22-9-5-15-29-22/h2-10,15,24H,11-14,16-17H2,1H3. The van der Waals surface area contributed by atoms with E-state index in [-0.39, 0.29) is 5.91 Å². The minimum Gasteiger partial charge on any atom is -0.464 e. The van der Waals surface area contributed by atoms with E-state index < -0.39 is 0 Å². The molecule has 3 heterocycles. The highest BCUT2D eigenvalue weighted by molar-refractivity contribution is 5.73. The molecule has 6 heteroatoms. The zero-order valence-corrected chi connectivity index (χ0v) is 16.7. The number of piperazine rings is 1. The van der Waals surface area contributed by atoms with Crippen LogP contribution >= 0.6 is 0 Å². The molecule has 1 aliphatic rings. The van der Waals surface area contributed by atoms with Gasteiger partial charge in [0.25, 0.3) is 0 Å². The lowest BCUT2D eigenvalue weighted by atomic mass is 10.1. The number of hydrogen-bond donors (Lipinski definition) is 1. The average molecular weight is 390 g/mol. The van der Waals surface area contributed by atoms with Crippen LogP contribution in [-0.2, 0) is 17.9 Å². The highest BCUT2D eigenvalue weighted by Crippen LogP contribution is 2.24. The normalized spacial score (nSPS) is 14.2. The fourth-order valence-corrected chi connectivity index (χ4v) is 3.76. The van der Waals surface area contributed by atoms with Crippen molar-refractivity contribution in [2.75, 3.05) is 31.1 Å². The summed E-state index contributed by atoms with van der Waals surface area (Å²) in [7, 11) is 0. The zero-order chi connectivity index (χ0) is 20.1. The van der Waals surface area contributed by atoms with E-state index in [0.29, 0.717) is 0 Å². The maximum Gasteiger partial charge on any atom is 0.219 e. The Bertz CT molecular complexity index is 947. The molecule has 0 bridgehead atoms. The van der Waals surface area contributed by atoms with Crippen molar-refractivity contribution in [2.45, 2.75) is 20.0 Å². The SMILES string of the molecule is CC(=O)N1CCN(c2ncccc2CNCc2ccccc2-c2ccco2)CC1. The zero-order valence-electron chi connectivity index (χ0n) is 16.7. The van der Waals surface area contributed by atoms with Crippen LogP contribution in [0.3, 0.4) is 0 Å². The molecule has 0 aliphatic carbocycles. The van der Waals surface area contributed by atoms with Crippen LogP contribution in [0.25, 0.3) is 11.3 Å². The Balaban J connectivity index is 1.41. The molecule has 0 atom stereocenters. The number of anilines is 1. The number of furan rings is 1. The van der Waals surface area contributed by atoms with Gasteiger partial charge >= 0.3 is 0 Å². The van der Waals surface area contributed by atoms with Gasteiger partial charge in [-0.25, -0.2) is 4.98 Å². The van der Waals surface area contributed by atoms with Crippen molar-refractivity contribution in [3.63, 3.8) is 0 Å². The third-order valence-electron chi connectivity index (χ3n) is 5.33. The largest absolute Gasteiger partial charge is 0.464 e. The fraction of sp³-hybridized carbons (Fsp3) is 0.304. The van der Waals surface area contributed by atoms with E-state index in [1.165, 1.54) is 11.1 Å². The van der Waals surface area contributed by atoms with Gasteiger partial charge < -0.3 is 19.5 Å². The van der Waals surface area contributed by atoms with Crippen molar-refractivity contribution >= 4 is 11.7 Å². The second-order valence-corrected chi connectivity index (χ2v) is 7.22. The van der Waals surface area contributed by atoms with E-state index in [4.69, 9.17) is 4.42 Å². The molecular formula is C23H26N4O2. The number of hydrogen-bond acceptors (Lipinski definition) is 5. The van der Waals surface area contributed by atoms with Gasteiger partial charge in [-0.3, -0.25) is 4.79 Å². The van der Waals surface area contributed by atoms with Gasteiger partial charge in [0.2, 0.25) is 5.91 Å². The summed E-state index contributed by atoms with van der Waals surface area (Å²) in [6.45, 7) is 6.21. The Kier molecular flexibility index (Phi) is 5.91. The summed E-state index contributed by atoms with van der Waals surface area (Å²) in [4.78, 5) is 20.4. The van der Waals surface area contributed by atoms with Crippen LogP contribution in [0.4, 0.5) is 5.82 Å². The molecule has 1 aliphatic heterocycles. The lowest BCUT2D eigenvalue weighted by molar-refractivity contribution is -0.129. The Morgan fingerprint density at radius 2 is 1.76 bits per heavy atom. The molecule has 1 fully saturated rings. The highest BCUT2D eigenvalue weighted by atomic mass is 16.3. The van der Waals surface area contributed by atoms with Crippen molar-refractivity contribution in [1.29, 1.82) is 0 Å². The number of pyridine rings is 1. The van der Waals surface area contributed by atoms with Gasteiger partial charge in [0, 0.05) is 63.5 Å². The smallest absolute Gasteiger partial charge is 0.219 e. The summed E-state index contributed by atoms with van der Waals surface area (Å²) >= 11 is 0. The van der Waals surface area contributed by atoms with Crippen LogP contribution in [0.1, 0.15) is 18.1 Å². The van der Waals surface area contributed by atoms with Gasteiger partial charge in [-0.15, -0.1) is 0 Å². The van der Waals surface area contributed by atoms with Gasteiger partial charge in [-0.1, -0.05) is 30.3 Å². The van der Waals surface area contributed by atoms with Gasteiger partial charge in [0.1, 0.15) is 11.6 Å². The summed E-state index contributed by atoms with van der Waals surface area (Å²) in [5.41, 5.74) is 3.47. The molecule has 0 unspecified atom stereocenters. The number of carbonyl (C=O) groups is 1. The number of amides is 1. The van der Waals surface area contributed by atoms with E-state index in [0.717, 1.165) is 56.4 Å². The van der Waals surface area contributed by atoms with Crippen molar-refractivity contribution in [3.8, 4) is 11.3 Å². The fourth-order valence-electron chi connectivity index (χ4n) is 3.76. The molecule has 0 saturated carbocycles. The number of nitrogens with one attached hydrogen (secondary N) is 1. The first-order valence-corrected chi connectivity index (χ1v) is 9.99. The Morgan fingerprint density at radius 1 is 1.00 bits per heavy atom. The van der Waals surface area contributed by atoms with E-state index in [9.17, 15) is 4.79 Å². The molecule has 3 aromatic rings. The topological polar surface area (TPSA) is 61.6 Å². The molecule has 6 nitrogen and oxygen atoms in total. The monoisotopic (exact) mass is 390 g/mol. The summed E-state index contributed by atoms with van der Waals surface area (Å²) < 4.78 is 5.58. The molecular weight excluding hydrogens is 364 g/mol. The summed E-state index contributed by atoms with van der Waals surface area (Å²) in [5, 5.41) is 3.55. The molecule has 1 aromatic carbocycles. The lowest BCUT2D eigenvalue weighted by Crippen LogP contribution is -2.48. The number of carbonyl (C=O) groups excluding carboxylic acids is 1. The number of benzene rings is 1. The maximum atomic E-state index is 11.6. The van der Waals surface area contributed by atoms with Crippen LogP contribution in [0.5, 0.6) is 0 Å². The number of aromatic nitrogens is 1. The molecule has 1 saturated heterocycles. The van der Waals surface area contributed by atoms with Gasteiger partial charge in [0.15, 0.2) is 0 Å². The van der Waals surface area contributed by atoms with Gasteiger partial charge in [0.05, 0.1) is 6.26 Å². The summed E-state index contributed by atoms with van der Waals surface area (Å²) in [5.74, 6) is 2.03. The molecule has 2 aromatic heterocycles. The first-order valence-electron chi connectivity index (χ1n) is 9.99. The Morgan fingerprint density at radius 3 is 2.52 bits per heavy atom. The van der Waals surface area contributed by atoms with Gasteiger partial charge in [-0.05, 0) is 23.8 Å². The first-order chi connectivity index (χ1) is 14.2. The van der Waals surface area contributed by atoms with Crippen molar-refractivity contribution in [3.05, 3.63) is 72.1 Å². The maximum absolute atomic E-state index is 11.6. The second kappa shape index (κ2) is 8.92. The van der Waals surface area contributed by atoms with Crippen LogP contribution in [-0.4, -0.2) is 42.0 Å². The molecule has 4 rings (SSSR count). The van der Waals surface area contributed by atoms with Crippen molar-refractivity contribution in [2.24, 2.45) is 0 Å². The molecule has 0 radical (unpaired) electrons. The first kappa shape index (κ1) is 19.2. The average Bonchev–Trinajstić information content (AvgIpc) is 3.29. The molecule has 1 N–H and O–H groups in total. The minimum absolute atomic E-state index is 0.141. The van der Waals surface area contributed by atoms with Crippen LogP contribution < -0.4 is 10.2 Å². The van der Waals surface area contributed by atoms with E-state index in [2.05, 4.69) is 33.4 Å². The Hall–Kier alpha value is -3.12. The van der Waals surface area contributed by atoms with Crippen LogP contribution in [0.2, 0.25) is 0 Å². The summed E-state index contributed by atoms with van der Waals surface area (Å²) in [6.07, 6.45) is 3.54. The molecule has 29 heavy (non-hydrogen) atoms. The number of rotatable bonds is 6.